The molecule has 1 aliphatic carbocycles. The summed E-state index contributed by atoms with van der Waals surface area (Å²) in [4.78, 5) is 5.07. The highest BCUT2D eigenvalue weighted by Crippen LogP contribution is 2.37. The Kier molecular flexibility index (Phi) is 5.07. The van der Waals surface area contributed by atoms with Crippen molar-refractivity contribution in [2.45, 2.75) is 58.0 Å². The number of aromatic hydroxyl groups is 1. The third-order valence-corrected chi connectivity index (χ3v) is 6.70. The first-order valence-corrected chi connectivity index (χ1v) is 10.4. The van der Waals surface area contributed by atoms with Crippen LogP contribution in [0.25, 0.3) is 5.57 Å². The lowest BCUT2D eigenvalue weighted by atomic mass is 9.95. The van der Waals surface area contributed by atoms with Crippen molar-refractivity contribution >= 4 is 5.57 Å². The largest absolute Gasteiger partial charge is 0.507 e. The van der Waals surface area contributed by atoms with Gasteiger partial charge in [0.25, 0.3) is 0 Å². The second-order valence-electron chi connectivity index (χ2n) is 8.42. The van der Waals surface area contributed by atoms with Crippen LogP contribution in [0, 0.1) is 11.3 Å². The smallest absolute Gasteiger partial charge is 0.124 e. The van der Waals surface area contributed by atoms with Gasteiger partial charge in [-0.3, -0.25) is 4.90 Å². The molecule has 5 heteroatoms. The molecule has 148 valence electrons. The van der Waals surface area contributed by atoms with Crippen LogP contribution in [0.2, 0.25) is 0 Å². The van der Waals surface area contributed by atoms with E-state index >= 15 is 0 Å². The maximum Gasteiger partial charge on any atom is 0.124 e. The predicted octanol–water partition coefficient (Wildman–Crippen LogP) is 3.56. The van der Waals surface area contributed by atoms with Gasteiger partial charge in [-0.2, -0.15) is 5.26 Å². The second kappa shape index (κ2) is 7.52. The molecule has 1 saturated heterocycles. The first-order valence-electron chi connectivity index (χ1n) is 10.4. The van der Waals surface area contributed by atoms with E-state index in [2.05, 4.69) is 22.8 Å². The first-order chi connectivity index (χ1) is 13.5. The molecule has 28 heavy (non-hydrogen) atoms. The quantitative estimate of drug-likeness (QED) is 0.838. The molecule has 3 aliphatic rings. The number of hydrogen-bond acceptors (Lipinski definition) is 5. The van der Waals surface area contributed by atoms with E-state index in [1.807, 2.05) is 13.0 Å². The summed E-state index contributed by atoms with van der Waals surface area (Å²) in [5.41, 5.74) is 11.2. The van der Waals surface area contributed by atoms with Gasteiger partial charge in [0.1, 0.15) is 11.6 Å². The molecule has 3 N–H and O–H groups in total. The van der Waals surface area contributed by atoms with Gasteiger partial charge in [0.2, 0.25) is 0 Å². The lowest BCUT2D eigenvalue weighted by Crippen LogP contribution is -2.48. The number of piperidine rings is 1. The topological polar surface area (TPSA) is 76.5 Å². The molecule has 0 amide bonds. The van der Waals surface area contributed by atoms with Crippen LogP contribution in [-0.4, -0.2) is 46.6 Å². The van der Waals surface area contributed by atoms with E-state index in [4.69, 9.17) is 11.0 Å². The van der Waals surface area contributed by atoms with Crippen LogP contribution < -0.4 is 5.73 Å². The Hall–Kier alpha value is -2.45. The van der Waals surface area contributed by atoms with Crippen molar-refractivity contribution < 1.29 is 5.11 Å². The maximum absolute atomic E-state index is 10.3. The number of allylic oxidation sites excluding steroid dienone is 2. The predicted molar refractivity (Wildman–Crippen MR) is 111 cm³/mol. The van der Waals surface area contributed by atoms with Crippen LogP contribution in [0.1, 0.15) is 57.1 Å². The SMILES string of the molecule is C/C(C1=C(N)N([C@H]2CCCN(C3CC3)C2)CC1)=C(/C)c1ccc(C#N)cc1O. The average Bonchev–Trinajstić information content (AvgIpc) is 3.49. The van der Waals surface area contributed by atoms with Gasteiger partial charge in [0.15, 0.2) is 0 Å². The molecular formula is C23H30N4O. The Labute approximate surface area is 167 Å². The number of phenolic OH excluding ortho intramolecular Hbond substituents is 1. The number of nitrogens with zero attached hydrogens (tertiary/aromatic N) is 3. The van der Waals surface area contributed by atoms with Gasteiger partial charge in [-0.05, 0) is 87.4 Å². The minimum absolute atomic E-state index is 0.150. The highest BCUT2D eigenvalue weighted by Gasteiger charge is 2.36. The Morgan fingerprint density at radius 3 is 2.61 bits per heavy atom. The van der Waals surface area contributed by atoms with Gasteiger partial charge in [-0.1, -0.05) is 0 Å². The minimum atomic E-state index is 0.150. The van der Waals surface area contributed by atoms with Crippen LogP contribution in [0.3, 0.4) is 0 Å². The van der Waals surface area contributed by atoms with Gasteiger partial charge in [-0.25, -0.2) is 0 Å². The first kappa shape index (κ1) is 18.9. The molecule has 1 atom stereocenters. The van der Waals surface area contributed by atoms with E-state index in [0.29, 0.717) is 11.6 Å². The fourth-order valence-corrected chi connectivity index (χ4v) is 4.77. The molecule has 2 fully saturated rings. The lowest BCUT2D eigenvalue weighted by Gasteiger charge is -2.39. The summed E-state index contributed by atoms with van der Waals surface area (Å²) in [6.45, 7) is 7.47. The van der Waals surface area contributed by atoms with Crippen LogP contribution in [-0.2, 0) is 0 Å². The Bertz CT molecular complexity index is 875. The van der Waals surface area contributed by atoms with Crippen molar-refractivity contribution in [2.24, 2.45) is 5.73 Å². The van der Waals surface area contributed by atoms with E-state index in [0.717, 1.165) is 48.1 Å². The van der Waals surface area contributed by atoms with Crippen molar-refractivity contribution in [3.05, 3.63) is 46.3 Å². The molecule has 4 rings (SSSR count). The van der Waals surface area contributed by atoms with Crippen LogP contribution in [0.15, 0.2) is 35.2 Å². The molecule has 0 aromatic heterocycles. The summed E-state index contributed by atoms with van der Waals surface area (Å²) in [7, 11) is 0. The molecule has 1 aromatic rings. The van der Waals surface area contributed by atoms with Gasteiger partial charge >= 0.3 is 0 Å². The number of phenols is 1. The summed E-state index contributed by atoms with van der Waals surface area (Å²) in [5, 5.41) is 19.4. The molecule has 2 aliphatic heterocycles. The van der Waals surface area contributed by atoms with Gasteiger partial charge in [0.05, 0.1) is 11.6 Å². The van der Waals surface area contributed by atoms with Crippen molar-refractivity contribution in [1.29, 1.82) is 5.26 Å². The zero-order chi connectivity index (χ0) is 19.8. The summed E-state index contributed by atoms with van der Waals surface area (Å²) in [5.74, 6) is 1.06. The van der Waals surface area contributed by atoms with Gasteiger partial charge in [-0.15, -0.1) is 0 Å². The van der Waals surface area contributed by atoms with Crippen molar-refractivity contribution in [3.63, 3.8) is 0 Å². The number of nitrogens with two attached hydrogens (primary N) is 1. The molecule has 0 unspecified atom stereocenters. The molecule has 0 bridgehead atoms. The molecule has 0 radical (unpaired) electrons. The zero-order valence-electron chi connectivity index (χ0n) is 16.9. The normalized spacial score (nSPS) is 24.3. The van der Waals surface area contributed by atoms with E-state index < -0.39 is 0 Å². The number of hydrogen-bond donors (Lipinski definition) is 2. The van der Waals surface area contributed by atoms with E-state index in [1.165, 1.54) is 43.9 Å². The number of nitriles is 1. The number of likely N-dealkylation sites (tertiary alicyclic amines) is 1. The Morgan fingerprint density at radius 1 is 1.14 bits per heavy atom. The van der Waals surface area contributed by atoms with Crippen LogP contribution >= 0.6 is 0 Å². The molecular weight excluding hydrogens is 348 g/mol. The van der Waals surface area contributed by atoms with Crippen LogP contribution in [0.4, 0.5) is 0 Å². The molecule has 5 nitrogen and oxygen atoms in total. The average molecular weight is 379 g/mol. The highest BCUT2D eigenvalue weighted by atomic mass is 16.3. The summed E-state index contributed by atoms with van der Waals surface area (Å²) >= 11 is 0. The van der Waals surface area contributed by atoms with E-state index in [1.54, 1.807) is 6.07 Å². The summed E-state index contributed by atoms with van der Waals surface area (Å²) in [6, 6.07) is 8.50. The Morgan fingerprint density at radius 2 is 1.93 bits per heavy atom. The second-order valence-corrected chi connectivity index (χ2v) is 8.42. The summed E-state index contributed by atoms with van der Waals surface area (Å²) in [6.07, 6.45) is 6.14. The summed E-state index contributed by atoms with van der Waals surface area (Å²) < 4.78 is 0. The molecule has 1 aromatic carbocycles. The third-order valence-electron chi connectivity index (χ3n) is 6.70. The monoisotopic (exact) mass is 378 g/mol. The number of rotatable bonds is 4. The van der Waals surface area contributed by atoms with Crippen molar-refractivity contribution in [2.75, 3.05) is 19.6 Å². The minimum Gasteiger partial charge on any atom is -0.507 e. The zero-order valence-corrected chi connectivity index (χ0v) is 16.9. The van der Waals surface area contributed by atoms with E-state index in [-0.39, 0.29) is 5.75 Å². The standard InChI is InChI=1S/C23H30N4O/c1-15(20-8-5-17(13-24)12-22(20)28)16(2)21-9-11-27(23(21)25)19-4-3-10-26(14-19)18-6-7-18/h5,8,12,18-19,28H,3-4,6-7,9-11,14,25H2,1-2H3/b16-15+/t19-/m0/s1. The number of benzene rings is 1. The van der Waals surface area contributed by atoms with Crippen molar-refractivity contribution in [3.8, 4) is 11.8 Å². The molecule has 1 saturated carbocycles. The van der Waals surface area contributed by atoms with Crippen molar-refractivity contribution in [1.82, 2.24) is 9.80 Å². The van der Waals surface area contributed by atoms with Crippen LogP contribution in [0.5, 0.6) is 5.75 Å². The maximum atomic E-state index is 10.3. The van der Waals surface area contributed by atoms with Gasteiger partial charge < -0.3 is 15.7 Å². The Balaban J connectivity index is 1.57. The fourth-order valence-electron chi connectivity index (χ4n) is 4.77. The third kappa shape index (κ3) is 3.49. The highest BCUT2D eigenvalue weighted by molar-refractivity contribution is 5.75. The van der Waals surface area contributed by atoms with Gasteiger partial charge in [0, 0.05) is 30.7 Å². The lowest BCUT2D eigenvalue weighted by molar-refractivity contribution is 0.121. The molecule has 0 spiro atoms. The molecule has 2 heterocycles. The fraction of sp³-hybridized carbons (Fsp3) is 0.522. The van der Waals surface area contributed by atoms with E-state index in [9.17, 15) is 5.11 Å².